The van der Waals surface area contributed by atoms with Gasteiger partial charge in [-0.3, -0.25) is 0 Å². The first-order chi connectivity index (χ1) is 30.3. The molecule has 1 spiro atoms. The quantitative estimate of drug-likeness (QED) is 0.156. The summed E-state index contributed by atoms with van der Waals surface area (Å²) in [7, 11) is 0. The van der Waals surface area contributed by atoms with E-state index in [1.54, 1.807) is 0 Å². The largest absolute Gasteiger partial charge is 0.458 e. The smallest absolute Gasteiger partial charge is 0.251 e. The van der Waals surface area contributed by atoms with Crippen LogP contribution < -0.4 is 30.9 Å². The second kappa shape index (κ2) is 14.7. The SMILES string of the molecule is CC(C)c1cc(C(C)C)c(B2c3ccccc3Oc3cc(N4c5ccccc5C5(c6ccccc6N(c6ccccc6)c6ccccc65)c5ccccc54)ccc32)c(C(C)C)c1. The summed E-state index contributed by atoms with van der Waals surface area (Å²) in [5.74, 6) is 3.01. The van der Waals surface area contributed by atoms with Crippen molar-refractivity contribution in [1.82, 2.24) is 0 Å². The number of hydrogen-bond donors (Lipinski definition) is 0. The van der Waals surface area contributed by atoms with E-state index in [0.29, 0.717) is 17.8 Å². The summed E-state index contributed by atoms with van der Waals surface area (Å²) in [4.78, 5) is 4.91. The van der Waals surface area contributed by atoms with Gasteiger partial charge in [0.25, 0.3) is 6.71 Å². The van der Waals surface area contributed by atoms with Crippen LogP contribution in [0.4, 0.5) is 34.1 Å². The van der Waals surface area contributed by atoms with Crippen LogP contribution in [-0.2, 0) is 5.41 Å². The second-order valence-electron chi connectivity index (χ2n) is 18.2. The van der Waals surface area contributed by atoms with Crippen molar-refractivity contribution in [1.29, 1.82) is 0 Å². The summed E-state index contributed by atoms with van der Waals surface area (Å²) < 4.78 is 7.02. The maximum atomic E-state index is 7.02. The molecule has 0 fully saturated rings. The van der Waals surface area contributed by atoms with Gasteiger partial charge < -0.3 is 14.5 Å². The van der Waals surface area contributed by atoms with Gasteiger partial charge in [0, 0.05) is 17.4 Å². The van der Waals surface area contributed by atoms with Gasteiger partial charge >= 0.3 is 0 Å². The minimum absolute atomic E-state index is 0.0343. The number of anilines is 6. The van der Waals surface area contributed by atoms with Gasteiger partial charge in [0.2, 0.25) is 0 Å². The summed E-state index contributed by atoms with van der Waals surface area (Å²) in [6.07, 6.45) is 0. The molecule has 0 radical (unpaired) electrons. The molecule has 3 aliphatic heterocycles. The first-order valence-electron chi connectivity index (χ1n) is 22.4. The highest BCUT2D eigenvalue weighted by atomic mass is 16.5. The third kappa shape index (κ3) is 5.58. The minimum atomic E-state index is -0.584. The molecule has 3 heterocycles. The van der Waals surface area contributed by atoms with E-state index in [9.17, 15) is 0 Å². The van der Waals surface area contributed by atoms with Crippen LogP contribution in [-0.4, -0.2) is 6.71 Å². The molecule has 0 N–H and O–H groups in total. The third-order valence-corrected chi connectivity index (χ3v) is 13.7. The van der Waals surface area contributed by atoms with Gasteiger partial charge in [-0.25, -0.2) is 0 Å². The van der Waals surface area contributed by atoms with Crippen LogP contribution >= 0.6 is 0 Å². The van der Waals surface area contributed by atoms with Gasteiger partial charge in [-0.05, 0) is 116 Å². The van der Waals surface area contributed by atoms with Crippen molar-refractivity contribution in [2.75, 3.05) is 9.80 Å². The molecule has 62 heavy (non-hydrogen) atoms. The number of nitrogens with zero attached hydrogens (tertiary/aromatic N) is 2. The standard InChI is InChI=1S/C58H51BN2O/c1-37(2)40-34-43(38(3)4)57(44(35-40)39(5)6)59-49-26-14-19-31-55(49)62-56-36-42(32-33-50(56)59)61-53-29-17-12-24-47(53)58(48-25-13-18-30-54(48)61)45-22-10-15-27-51(45)60(41-20-8-7-9-21-41)52-28-16-11-23-46(52)58/h7-39H,1-6H3. The Morgan fingerprint density at radius 2 is 0.839 bits per heavy atom. The summed E-state index contributed by atoms with van der Waals surface area (Å²) in [6.45, 7) is 14.1. The average molecular weight is 803 g/mol. The van der Waals surface area contributed by atoms with Gasteiger partial charge in [0.05, 0.1) is 28.2 Å². The Kier molecular flexibility index (Phi) is 9.05. The molecule has 3 nitrogen and oxygen atoms in total. The monoisotopic (exact) mass is 802 g/mol. The van der Waals surface area contributed by atoms with Gasteiger partial charge in [0.1, 0.15) is 11.5 Å². The summed E-state index contributed by atoms with van der Waals surface area (Å²) in [5.41, 5.74) is 19.5. The molecule has 302 valence electrons. The number of para-hydroxylation sites is 6. The zero-order valence-corrected chi connectivity index (χ0v) is 36.4. The van der Waals surface area contributed by atoms with Crippen molar-refractivity contribution in [3.63, 3.8) is 0 Å². The normalized spacial score (nSPS) is 14.2. The molecular weight excluding hydrogens is 751 g/mol. The van der Waals surface area contributed by atoms with Crippen LogP contribution in [0.5, 0.6) is 11.5 Å². The lowest BCUT2D eigenvalue weighted by Gasteiger charge is -2.51. The van der Waals surface area contributed by atoms with Crippen molar-refractivity contribution in [3.05, 3.63) is 221 Å². The molecular formula is C58H51BN2O. The topological polar surface area (TPSA) is 15.7 Å². The Morgan fingerprint density at radius 1 is 0.403 bits per heavy atom. The highest BCUT2D eigenvalue weighted by Crippen LogP contribution is 2.64. The van der Waals surface area contributed by atoms with Gasteiger partial charge in [0.15, 0.2) is 0 Å². The minimum Gasteiger partial charge on any atom is -0.458 e. The van der Waals surface area contributed by atoms with E-state index in [-0.39, 0.29) is 6.71 Å². The Labute approximate surface area is 367 Å². The van der Waals surface area contributed by atoms with E-state index in [1.165, 1.54) is 66.7 Å². The molecule has 0 saturated heterocycles. The molecule has 8 aromatic carbocycles. The van der Waals surface area contributed by atoms with Crippen LogP contribution in [0.25, 0.3) is 0 Å². The maximum absolute atomic E-state index is 7.02. The Morgan fingerprint density at radius 3 is 1.34 bits per heavy atom. The van der Waals surface area contributed by atoms with E-state index in [2.05, 4.69) is 233 Å². The first kappa shape index (κ1) is 38.2. The Hall–Kier alpha value is -6.78. The van der Waals surface area contributed by atoms with Crippen molar-refractivity contribution in [2.24, 2.45) is 0 Å². The second-order valence-corrected chi connectivity index (χ2v) is 18.2. The van der Waals surface area contributed by atoms with Crippen molar-refractivity contribution in [2.45, 2.75) is 64.7 Å². The van der Waals surface area contributed by atoms with Crippen molar-refractivity contribution >= 4 is 57.2 Å². The lowest BCUT2D eigenvalue weighted by atomic mass is 9.34. The van der Waals surface area contributed by atoms with E-state index in [0.717, 1.165) is 34.2 Å². The summed E-state index contributed by atoms with van der Waals surface area (Å²) in [5, 5.41) is 0. The Bertz CT molecular complexity index is 2900. The average Bonchev–Trinajstić information content (AvgIpc) is 3.30. The lowest BCUT2D eigenvalue weighted by Crippen LogP contribution is -2.57. The zero-order valence-electron chi connectivity index (χ0n) is 36.4. The van der Waals surface area contributed by atoms with Crippen molar-refractivity contribution in [3.8, 4) is 11.5 Å². The van der Waals surface area contributed by atoms with E-state index in [4.69, 9.17) is 4.74 Å². The summed E-state index contributed by atoms with van der Waals surface area (Å²) in [6, 6.07) is 67.6. The Balaban J connectivity index is 1.13. The fourth-order valence-corrected chi connectivity index (χ4v) is 10.9. The van der Waals surface area contributed by atoms with Gasteiger partial charge in [-0.1, -0.05) is 174 Å². The van der Waals surface area contributed by atoms with Crippen LogP contribution in [0.2, 0.25) is 0 Å². The predicted molar refractivity (Wildman–Crippen MR) is 261 cm³/mol. The molecule has 0 saturated carbocycles. The fraction of sp³-hybridized carbons (Fsp3) is 0.172. The molecule has 0 unspecified atom stereocenters. The molecule has 0 aromatic heterocycles. The zero-order chi connectivity index (χ0) is 42.3. The van der Waals surface area contributed by atoms with Crippen LogP contribution in [0.3, 0.4) is 0 Å². The fourth-order valence-electron chi connectivity index (χ4n) is 10.9. The highest BCUT2D eigenvalue weighted by Gasteiger charge is 2.52. The van der Waals surface area contributed by atoms with Gasteiger partial charge in [-0.15, -0.1) is 0 Å². The summed E-state index contributed by atoms with van der Waals surface area (Å²) >= 11 is 0. The molecule has 3 aliphatic rings. The molecule has 0 aliphatic carbocycles. The molecule has 4 heteroatoms. The predicted octanol–water partition coefficient (Wildman–Crippen LogP) is 13.6. The van der Waals surface area contributed by atoms with Crippen LogP contribution in [0.1, 0.15) is 98.2 Å². The van der Waals surface area contributed by atoms with E-state index < -0.39 is 5.41 Å². The molecule has 8 aromatic rings. The molecule has 11 rings (SSSR count). The van der Waals surface area contributed by atoms with Crippen molar-refractivity contribution < 1.29 is 4.74 Å². The highest BCUT2D eigenvalue weighted by molar-refractivity contribution is 6.97. The van der Waals surface area contributed by atoms with Crippen LogP contribution in [0, 0.1) is 0 Å². The lowest BCUT2D eigenvalue weighted by molar-refractivity contribution is 0.487. The van der Waals surface area contributed by atoms with Crippen LogP contribution in [0.15, 0.2) is 182 Å². The van der Waals surface area contributed by atoms with E-state index in [1.807, 2.05) is 0 Å². The maximum Gasteiger partial charge on any atom is 0.251 e. The third-order valence-electron chi connectivity index (χ3n) is 13.7. The number of ether oxygens (including phenoxy) is 1. The first-order valence-corrected chi connectivity index (χ1v) is 22.4. The molecule has 0 bridgehead atoms. The number of rotatable bonds is 6. The number of hydrogen-bond acceptors (Lipinski definition) is 3. The number of benzene rings is 8. The molecule has 0 amide bonds. The molecule has 0 atom stereocenters. The van der Waals surface area contributed by atoms with Gasteiger partial charge in [-0.2, -0.15) is 0 Å². The van der Waals surface area contributed by atoms with E-state index >= 15 is 0 Å². The number of fused-ring (bicyclic) bond motifs is 10.